The third kappa shape index (κ3) is 4.79. The molecule has 0 unspecified atom stereocenters. The molecule has 0 saturated carbocycles. The Kier molecular flexibility index (Phi) is 4.41. The standard InChI is InChI=1S/C9H14N4O3S/c1-11-7-2-3-12-8(6-7)9(14)13-4-5-17(10,15)16/h2-3,6H,4-5H2,1H3,(H,11,12)(H,13,14)(H2,10,15,16). The van der Waals surface area contributed by atoms with E-state index in [4.69, 9.17) is 5.14 Å². The second-order valence-corrected chi connectivity index (χ2v) is 5.04. The van der Waals surface area contributed by atoms with Crippen molar-refractivity contribution in [1.29, 1.82) is 0 Å². The Morgan fingerprint density at radius 3 is 2.82 bits per heavy atom. The van der Waals surface area contributed by atoms with E-state index in [9.17, 15) is 13.2 Å². The average Bonchev–Trinajstić information content (AvgIpc) is 2.27. The normalized spacial score (nSPS) is 10.9. The van der Waals surface area contributed by atoms with Gasteiger partial charge in [0, 0.05) is 25.5 Å². The van der Waals surface area contributed by atoms with Crippen molar-refractivity contribution in [1.82, 2.24) is 10.3 Å². The predicted octanol–water partition coefficient (Wildman–Crippen LogP) is -0.858. The number of amides is 1. The maximum atomic E-state index is 11.6. The van der Waals surface area contributed by atoms with Gasteiger partial charge in [0.1, 0.15) is 5.69 Å². The number of primary sulfonamides is 1. The number of nitrogens with one attached hydrogen (secondary N) is 2. The fraction of sp³-hybridized carbons (Fsp3) is 0.333. The van der Waals surface area contributed by atoms with Gasteiger partial charge in [-0.2, -0.15) is 0 Å². The first-order valence-electron chi connectivity index (χ1n) is 4.85. The molecule has 17 heavy (non-hydrogen) atoms. The van der Waals surface area contributed by atoms with Gasteiger partial charge in [0.2, 0.25) is 10.0 Å². The molecule has 0 spiro atoms. The van der Waals surface area contributed by atoms with Crippen LogP contribution in [0, 0.1) is 0 Å². The average molecular weight is 258 g/mol. The number of rotatable bonds is 5. The van der Waals surface area contributed by atoms with Gasteiger partial charge in [-0.3, -0.25) is 9.78 Å². The number of anilines is 1. The van der Waals surface area contributed by atoms with E-state index in [1.807, 2.05) is 0 Å². The molecular formula is C9H14N4O3S. The van der Waals surface area contributed by atoms with Gasteiger partial charge in [-0.1, -0.05) is 0 Å². The minimum absolute atomic E-state index is 0.0386. The van der Waals surface area contributed by atoms with Crippen LogP contribution < -0.4 is 15.8 Å². The van der Waals surface area contributed by atoms with Crippen LogP contribution in [-0.4, -0.2) is 38.7 Å². The molecule has 0 aliphatic carbocycles. The van der Waals surface area contributed by atoms with Crippen molar-refractivity contribution >= 4 is 21.6 Å². The number of aromatic nitrogens is 1. The molecule has 0 aliphatic heterocycles. The molecule has 7 nitrogen and oxygen atoms in total. The molecule has 0 fully saturated rings. The van der Waals surface area contributed by atoms with Crippen LogP contribution in [0.1, 0.15) is 10.5 Å². The zero-order chi connectivity index (χ0) is 12.9. The zero-order valence-electron chi connectivity index (χ0n) is 9.30. The van der Waals surface area contributed by atoms with Crippen LogP contribution >= 0.6 is 0 Å². The van der Waals surface area contributed by atoms with Crippen molar-refractivity contribution in [3.05, 3.63) is 24.0 Å². The smallest absolute Gasteiger partial charge is 0.269 e. The van der Waals surface area contributed by atoms with Crippen molar-refractivity contribution in [2.45, 2.75) is 0 Å². The largest absolute Gasteiger partial charge is 0.388 e. The van der Waals surface area contributed by atoms with Crippen molar-refractivity contribution in [2.75, 3.05) is 24.7 Å². The van der Waals surface area contributed by atoms with Crippen molar-refractivity contribution < 1.29 is 13.2 Å². The van der Waals surface area contributed by atoms with E-state index in [2.05, 4.69) is 15.6 Å². The lowest BCUT2D eigenvalue weighted by Gasteiger charge is -2.05. The summed E-state index contributed by atoms with van der Waals surface area (Å²) in [7, 11) is -1.84. The van der Waals surface area contributed by atoms with Gasteiger partial charge in [0.05, 0.1) is 5.75 Å². The Labute approximate surface area is 99.5 Å². The van der Waals surface area contributed by atoms with E-state index in [1.165, 1.54) is 6.20 Å². The maximum absolute atomic E-state index is 11.6. The van der Waals surface area contributed by atoms with Crippen LogP contribution in [-0.2, 0) is 10.0 Å². The number of carbonyl (C=O) groups excluding carboxylic acids is 1. The monoisotopic (exact) mass is 258 g/mol. The van der Waals surface area contributed by atoms with Gasteiger partial charge in [0.25, 0.3) is 5.91 Å². The number of nitrogens with zero attached hydrogens (tertiary/aromatic N) is 1. The summed E-state index contributed by atoms with van der Waals surface area (Å²) in [5.74, 6) is -0.740. The van der Waals surface area contributed by atoms with Crippen molar-refractivity contribution in [3.63, 3.8) is 0 Å². The molecule has 0 aromatic carbocycles. The van der Waals surface area contributed by atoms with Gasteiger partial charge in [-0.05, 0) is 12.1 Å². The number of sulfonamides is 1. The van der Waals surface area contributed by atoms with Crippen LogP contribution in [0.4, 0.5) is 5.69 Å². The first-order valence-corrected chi connectivity index (χ1v) is 6.56. The van der Waals surface area contributed by atoms with Crippen LogP contribution in [0.3, 0.4) is 0 Å². The van der Waals surface area contributed by atoms with E-state index >= 15 is 0 Å². The Bertz CT molecular complexity index is 501. The summed E-state index contributed by atoms with van der Waals surface area (Å²) < 4.78 is 21.3. The van der Waals surface area contributed by atoms with E-state index < -0.39 is 15.9 Å². The third-order valence-corrected chi connectivity index (χ3v) is 2.73. The Morgan fingerprint density at radius 2 is 2.24 bits per heavy atom. The molecule has 94 valence electrons. The molecule has 1 heterocycles. The number of hydrogen-bond acceptors (Lipinski definition) is 5. The molecule has 1 aromatic heterocycles. The molecule has 4 N–H and O–H groups in total. The summed E-state index contributed by atoms with van der Waals surface area (Å²) in [4.78, 5) is 15.4. The molecular weight excluding hydrogens is 244 g/mol. The Balaban J connectivity index is 2.58. The van der Waals surface area contributed by atoms with Gasteiger partial charge < -0.3 is 10.6 Å². The minimum atomic E-state index is -3.56. The quantitative estimate of drug-likeness (QED) is 0.636. The Hall–Kier alpha value is -1.67. The molecule has 8 heteroatoms. The number of nitrogens with two attached hydrogens (primary N) is 1. The van der Waals surface area contributed by atoms with E-state index in [0.717, 1.165) is 5.69 Å². The number of pyridine rings is 1. The highest BCUT2D eigenvalue weighted by Gasteiger charge is 2.09. The molecule has 1 aromatic rings. The summed E-state index contributed by atoms with van der Waals surface area (Å²) in [6.45, 7) is -0.0386. The zero-order valence-corrected chi connectivity index (χ0v) is 10.1. The fourth-order valence-electron chi connectivity index (χ4n) is 1.11. The van der Waals surface area contributed by atoms with E-state index in [-0.39, 0.29) is 18.0 Å². The molecule has 1 rings (SSSR count). The lowest BCUT2D eigenvalue weighted by atomic mass is 10.3. The molecule has 0 bridgehead atoms. The first kappa shape index (κ1) is 13.4. The van der Waals surface area contributed by atoms with Crippen LogP contribution in [0.15, 0.2) is 18.3 Å². The summed E-state index contributed by atoms with van der Waals surface area (Å²) in [5.41, 5.74) is 0.961. The molecule has 0 atom stereocenters. The highest BCUT2D eigenvalue weighted by molar-refractivity contribution is 7.89. The molecule has 0 saturated heterocycles. The highest BCUT2D eigenvalue weighted by Crippen LogP contribution is 2.06. The molecule has 0 radical (unpaired) electrons. The van der Waals surface area contributed by atoms with Gasteiger partial charge in [-0.15, -0.1) is 0 Å². The SMILES string of the molecule is CNc1ccnc(C(=O)NCCS(N)(=O)=O)c1. The van der Waals surface area contributed by atoms with Gasteiger partial charge >= 0.3 is 0 Å². The summed E-state index contributed by atoms with van der Waals surface area (Å²) in [6, 6.07) is 3.27. The first-order chi connectivity index (χ1) is 7.92. The summed E-state index contributed by atoms with van der Waals surface area (Å²) >= 11 is 0. The molecule has 1 amide bonds. The molecule has 0 aliphatic rings. The van der Waals surface area contributed by atoms with Crippen LogP contribution in [0.2, 0.25) is 0 Å². The fourth-order valence-corrected chi connectivity index (χ4v) is 1.49. The predicted molar refractivity (Wildman–Crippen MR) is 64.1 cm³/mol. The van der Waals surface area contributed by atoms with E-state index in [0.29, 0.717) is 0 Å². The van der Waals surface area contributed by atoms with Crippen molar-refractivity contribution in [2.24, 2.45) is 5.14 Å². The van der Waals surface area contributed by atoms with Crippen LogP contribution in [0.25, 0.3) is 0 Å². The van der Waals surface area contributed by atoms with Gasteiger partial charge in [0.15, 0.2) is 0 Å². The lowest BCUT2D eigenvalue weighted by molar-refractivity contribution is 0.0951. The topological polar surface area (TPSA) is 114 Å². The van der Waals surface area contributed by atoms with Crippen LogP contribution in [0.5, 0.6) is 0 Å². The number of carbonyl (C=O) groups is 1. The third-order valence-electron chi connectivity index (χ3n) is 1.95. The summed E-state index contributed by atoms with van der Waals surface area (Å²) in [6.07, 6.45) is 1.49. The minimum Gasteiger partial charge on any atom is -0.388 e. The summed E-state index contributed by atoms with van der Waals surface area (Å²) in [5, 5.41) is 10.1. The maximum Gasteiger partial charge on any atom is 0.269 e. The lowest BCUT2D eigenvalue weighted by Crippen LogP contribution is -2.31. The second kappa shape index (κ2) is 5.60. The van der Waals surface area contributed by atoms with Gasteiger partial charge in [-0.25, -0.2) is 13.6 Å². The highest BCUT2D eigenvalue weighted by atomic mass is 32.2. The second-order valence-electron chi connectivity index (χ2n) is 3.30. The van der Waals surface area contributed by atoms with Crippen molar-refractivity contribution in [3.8, 4) is 0 Å². The Morgan fingerprint density at radius 1 is 1.53 bits per heavy atom. The van der Waals surface area contributed by atoms with E-state index in [1.54, 1.807) is 19.2 Å². The number of hydrogen-bond donors (Lipinski definition) is 3.